The summed E-state index contributed by atoms with van der Waals surface area (Å²) in [5, 5.41) is 11.6. The summed E-state index contributed by atoms with van der Waals surface area (Å²) in [5.41, 5.74) is 1.16. The van der Waals surface area contributed by atoms with E-state index in [4.69, 9.17) is 16.7 Å². The normalized spacial score (nSPS) is 10.3. The van der Waals surface area contributed by atoms with Crippen LogP contribution < -0.4 is 5.32 Å². The molecule has 0 saturated heterocycles. The second kappa shape index (κ2) is 8.50. The van der Waals surface area contributed by atoms with Crippen LogP contribution in [0.4, 0.5) is 0 Å². The second-order valence-electron chi connectivity index (χ2n) is 4.52. The average molecular weight is 352 g/mol. The maximum absolute atomic E-state index is 12.0. The van der Waals surface area contributed by atoms with E-state index in [9.17, 15) is 9.59 Å². The first-order valence-electron chi connectivity index (χ1n) is 6.75. The summed E-state index contributed by atoms with van der Waals surface area (Å²) in [7, 11) is 0. The van der Waals surface area contributed by atoms with Crippen LogP contribution in [0.1, 0.15) is 22.5 Å². The topological polar surface area (TPSA) is 92.2 Å². The standard InChI is InChI=1S/C15H14ClN3O3S/c16-11-8-18-15(23-9-10-4-2-1-3-5-10)19-13(11)14(22)17-7-6-12(20)21/h1-5,8H,6-7,9H2,(H,17,22)(H,20,21). The summed E-state index contributed by atoms with van der Waals surface area (Å²) in [4.78, 5) is 30.7. The Morgan fingerprint density at radius 1 is 1.26 bits per heavy atom. The lowest BCUT2D eigenvalue weighted by atomic mass is 10.2. The highest BCUT2D eigenvalue weighted by atomic mass is 35.5. The van der Waals surface area contributed by atoms with Gasteiger partial charge in [0.15, 0.2) is 10.9 Å². The van der Waals surface area contributed by atoms with Gasteiger partial charge in [0.1, 0.15) is 0 Å². The third-order valence-corrected chi connectivity index (χ3v) is 3.98. The number of hydrogen-bond donors (Lipinski definition) is 2. The zero-order chi connectivity index (χ0) is 16.7. The SMILES string of the molecule is O=C(O)CCNC(=O)c1nc(SCc2ccccc2)ncc1Cl. The monoisotopic (exact) mass is 351 g/mol. The molecule has 0 unspecified atom stereocenters. The molecule has 0 saturated carbocycles. The van der Waals surface area contributed by atoms with E-state index in [-0.39, 0.29) is 23.7 Å². The smallest absolute Gasteiger partial charge is 0.305 e. The summed E-state index contributed by atoms with van der Waals surface area (Å²) in [6.45, 7) is 0.0149. The Morgan fingerprint density at radius 2 is 2.00 bits per heavy atom. The molecule has 23 heavy (non-hydrogen) atoms. The molecule has 0 aliphatic carbocycles. The quantitative estimate of drug-likeness (QED) is 0.588. The minimum absolute atomic E-state index is 0.0149. The number of thioether (sulfide) groups is 1. The third-order valence-electron chi connectivity index (χ3n) is 2.77. The predicted octanol–water partition coefficient (Wildman–Crippen LogP) is 2.63. The minimum Gasteiger partial charge on any atom is -0.481 e. The first-order chi connectivity index (χ1) is 11.1. The Morgan fingerprint density at radius 3 is 2.70 bits per heavy atom. The molecule has 0 aliphatic rings. The first kappa shape index (κ1) is 17.2. The second-order valence-corrected chi connectivity index (χ2v) is 5.87. The maximum Gasteiger partial charge on any atom is 0.305 e. The Balaban J connectivity index is 2.00. The number of aliphatic carboxylic acids is 1. The van der Waals surface area contributed by atoms with Crippen molar-refractivity contribution in [3.05, 3.63) is 52.8 Å². The van der Waals surface area contributed by atoms with Crippen LogP contribution in [0.25, 0.3) is 0 Å². The van der Waals surface area contributed by atoms with Crippen molar-refractivity contribution in [2.45, 2.75) is 17.3 Å². The van der Waals surface area contributed by atoms with Crippen LogP contribution in [-0.4, -0.2) is 33.5 Å². The number of rotatable bonds is 7. The molecular weight excluding hydrogens is 338 g/mol. The number of carboxylic acids is 1. The van der Waals surface area contributed by atoms with Gasteiger partial charge in [-0.2, -0.15) is 0 Å². The molecule has 1 heterocycles. The van der Waals surface area contributed by atoms with Crippen LogP contribution in [0.15, 0.2) is 41.7 Å². The zero-order valence-electron chi connectivity index (χ0n) is 12.0. The number of carboxylic acid groups (broad SMARTS) is 1. The van der Waals surface area contributed by atoms with Crippen LogP contribution in [-0.2, 0) is 10.5 Å². The molecule has 0 aliphatic heterocycles. The molecular formula is C15H14ClN3O3S. The molecule has 0 atom stereocenters. The highest BCUT2D eigenvalue weighted by Gasteiger charge is 2.14. The highest BCUT2D eigenvalue weighted by molar-refractivity contribution is 7.98. The number of carbonyl (C=O) groups is 2. The van der Waals surface area contributed by atoms with Crippen molar-refractivity contribution >= 4 is 35.2 Å². The molecule has 2 rings (SSSR count). The third kappa shape index (κ3) is 5.54. The molecule has 1 aromatic carbocycles. The van der Waals surface area contributed by atoms with Gasteiger partial charge in [-0.3, -0.25) is 9.59 Å². The lowest BCUT2D eigenvalue weighted by molar-refractivity contribution is -0.136. The molecule has 0 fully saturated rings. The lowest BCUT2D eigenvalue weighted by Gasteiger charge is -2.06. The van der Waals surface area contributed by atoms with E-state index in [1.54, 1.807) is 0 Å². The Labute approximate surface area is 142 Å². The number of halogens is 1. The molecule has 1 amide bonds. The van der Waals surface area contributed by atoms with Crippen LogP contribution in [0.5, 0.6) is 0 Å². The zero-order valence-corrected chi connectivity index (χ0v) is 13.6. The Hall–Kier alpha value is -2.12. The predicted molar refractivity (Wildman–Crippen MR) is 87.6 cm³/mol. The lowest BCUT2D eigenvalue weighted by Crippen LogP contribution is -2.27. The van der Waals surface area contributed by atoms with Crippen LogP contribution in [0.2, 0.25) is 5.02 Å². The molecule has 0 spiro atoms. The number of hydrogen-bond acceptors (Lipinski definition) is 5. The van der Waals surface area contributed by atoms with Crippen molar-refractivity contribution < 1.29 is 14.7 Å². The summed E-state index contributed by atoms with van der Waals surface area (Å²) in [6, 6.07) is 9.80. The van der Waals surface area contributed by atoms with E-state index >= 15 is 0 Å². The van der Waals surface area contributed by atoms with Gasteiger partial charge < -0.3 is 10.4 Å². The molecule has 2 N–H and O–H groups in total. The molecule has 0 bridgehead atoms. The average Bonchev–Trinajstić information content (AvgIpc) is 2.54. The van der Waals surface area contributed by atoms with Gasteiger partial charge in [0.05, 0.1) is 17.6 Å². The molecule has 8 heteroatoms. The van der Waals surface area contributed by atoms with Crippen molar-refractivity contribution in [2.24, 2.45) is 0 Å². The number of nitrogens with one attached hydrogen (secondary N) is 1. The number of nitrogens with zero attached hydrogens (tertiary/aromatic N) is 2. The van der Waals surface area contributed by atoms with Gasteiger partial charge in [0.2, 0.25) is 0 Å². The number of amides is 1. The van der Waals surface area contributed by atoms with Crippen molar-refractivity contribution in [3.8, 4) is 0 Å². The fourth-order valence-corrected chi connectivity index (χ4v) is 2.62. The molecule has 2 aromatic rings. The molecule has 1 aromatic heterocycles. The van der Waals surface area contributed by atoms with Gasteiger partial charge in [0.25, 0.3) is 5.91 Å². The van der Waals surface area contributed by atoms with E-state index in [2.05, 4.69) is 15.3 Å². The number of aromatic nitrogens is 2. The van der Waals surface area contributed by atoms with Crippen molar-refractivity contribution in [1.29, 1.82) is 0 Å². The van der Waals surface area contributed by atoms with E-state index < -0.39 is 11.9 Å². The van der Waals surface area contributed by atoms with E-state index in [1.165, 1.54) is 18.0 Å². The Bertz CT molecular complexity index is 698. The van der Waals surface area contributed by atoms with E-state index in [0.717, 1.165) is 5.56 Å². The van der Waals surface area contributed by atoms with E-state index in [1.807, 2.05) is 30.3 Å². The largest absolute Gasteiger partial charge is 0.481 e. The van der Waals surface area contributed by atoms with Crippen molar-refractivity contribution in [3.63, 3.8) is 0 Å². The fourth-order valence-electron chi connectivity index (χ4n) is 1.67. The van der Waals surface area contributed by atoms with Gasteiger partial charge in [-0.1, -0.05) is 53.7 Å². The Kier molecular flexibility index (Phi) is 6.37. The van der Waals surface area contributed by atoms with Gasteiger partial charge >= 0.3 is 5.97 Å². The van der Waals surface area contributed by atoms with Crippen molar-refractivity contribution in [1.82, 2.24) is 15.3 Å². The van der Waals surface area contributed by atoms with Gasteiger partial charge in [-0.15, -0.1) is 0 Å². The maximum atomic E-state index is 12.0. The molecule has 0 radical (unpaired) electrons. The summed E-state index contributed by atoms with van der Waals surface area (Å²) >= 11 is 7.33. The summed E-state index contributed by atoms with van der Waals surface area (Å²) in [6.07, 6.45) is 1.21. The van der Waals surface area contributed by atoms with E-state index in [0.29, 0.717) is 10.9 Å². The van der Waals surface area contributed by atoms with Crippen LogP contribution in [0, 0.1) is 0 Å². The van der Waals surface area contributed by atoms with Crippen LogP contribution in [0.3, 0.4) is 0 Å². The summed E-state index contributed by atoms with van der Waals surface area (Å²) < 4.78 is 0. The van der Waals surface area contributed by atoms with Crippen molar-refractivity contribution in [2.75, 3.05) is 6.54 Å². The van der Waals surface area contributed by atoms with Gasteiger partial charge in [-0.05, 0) is 5.56 Å². The highest BCUT2D eigenvalue weighted by Crippen LogP contribution is 2.21. The number of benzene rings is 1. The number of carbonyl (C=O) groups excluding carboxylic acids is 1. The minimum atomic E-state index is -0.988. The van der Waals surface area contributed by atoms with Gasteiger partial charge in [0, 0.05) is 12.3 Å². The first-order valence-corrected chi connectivity index (χ1v) is 8.12. The molecule has 120 valence electrons. The fraction of sp³-hybridized carbons (Fsp3) is 0.200. The molecule has 6 nitrogen and oxygen atoms in total. The summed E-state index contributed by atoms with van der Waals surface area (Å²) in [5.74, 6) is -0.832. The van der Waals surface area contributed by atoms with Gasteiger partial charge in [-0.25, -0.2) is 9.97 Å². The van der Waals surface area contributed by atoms with Crippen LogP contribution >= 0.6 is 23.4 Å².